The fourth-order valence-corrected chi connectivity index (χ4v) is 6.35. The van der Waals surface area contributed by atoms with Crippen LogP contribution in [-0.4, -0.2) is 58.4 Å². The van der Waals surface area contributed by atoms with Crippen LogP contribution in [0.5, 0.6) is 5.75 Å². The van der Waals surface area contributed by atoms with E-state index in [0.29, 0.717) is 24.3 Å². The van der Waals surface area contributed by atoms with E-state index >= 15 is 0 Å². The summed E-state index contributed by atoms with van der Waals surface area (Å²) in [5.41, 5.74) is -0.487. The number of anilines is 1. The lowest BCUT2D eigenvalue weighted by atomic mass is 10.1. The van der Waals surface area contributed by atoms with Crippen molar-refractivity contribution in [3.05, 3.63) is 79.2 Å². The topological polar surface area (TPSA) is 96.9 Å². The molecule has 1 aromatic heterocycles. The Morgan fingerprint density at radius 1 is 1.05 bits per heavy atom. The van der Waals surface area contributed by atoms with Crippen molar-refractivity contribution in [1.29, 1.82) is 0 Å². The number of aromatic hydroxyl groups is 1. The number of benzene rings is 2. The number of amides is 2. The van der Waals surface area contributed by atoms with E-state index in [-0.39, 0.29) is 56.7 Å². The molecule has 2 aliphatic rings. The maximum absolute atomic E-state index is 14.0. The van der Waals surface area contributed by atoms with Gasteiger partial charge in [-0.3, -0.25) is 14.4 Å². The van der Waals surface area contributed by atoms with Crippen molar-refractivity contribution in [2.45, 2.75) is 28.3 Å². The highest BCUT2D eigenvalue weighted by molar-refractivity contribution is 7.99. The Bertz CT molecular complexity index is 1580. The number of H-pyrrole nitrogens is 1. The summed E-state index contributed by atoms with van der Waals surface area (Å²) in [4.78, 5) is 45.9. The number of halogens is 5. The standard InChI is InChI=1S/C26H21Cl3F2N4O4S/c1-33-5-6-34(12-21(33)37)17-7-13-10-35(11-14(13)8-18(17)36)25(39)22-19(9-20(26(29,30)31)32-24(22)38)40-23-15(27)3-2-4-16(23)28/h2-4,7-9,36H,5-6,10-12H2,1H3,(H,32,38). The van der Waals surface area contributed by atoms with Gasteiger partial charge in [0, 0.05) is 43.0 Å². The van der Waals surface area contributed by atoms with Gasteiger partial charge in [0.15, 0.2) is 0 Å². The monoisotopic (exact) mass is 628 g/mol. The second kappa shape index (κ2) is 10.8. The number of piperazine rings is 1. The number of fused-ring (bicyclic) bond motifs is 1. The molecule has 8 nitrogen and oxygen atoms in total. The molecule has 1 fully saturated rings. The number of pyridine rings is 1. The molecule has 2 N–H and O–H groups in total. The summed E-state index contributed by atoms with van der Waals surface area (Å²) >= 11 is 18.5. The third-order valence-electron chi connectivity index (χ3n) is 6.75. The molecule has 0 unspecified atom stereocenters. The number of hydrogen-bond acceptors (Lipinski definition) is 6. The first-order chi connectivity index (χ1) is 18.8. The highest BCUT2D eigenvalue weighted by Crippen LogP contribution is 2.42. The second-order valence-electron chi connectivity index (χ2n) is 9.41. The van der Waals surface area contributed by atoms with Gasteiger partial charge in [0.1, 0.15) is 17.0 Å². The summed E-state index contributed by atoms with van der Waals surface area (Å²) in [6.45, 7) is 1.27. The summed E-state index contributed by atoms with van der Waals surface area (Å²) in [5, 5.41) is 7.20. The lowest BCUT2D eigenvalue weighted by molar-refractivity contribution is -0.129. The van der Waals surface area contributed by atoms with Gasteiger partial charge in [0.05, 0.1) is 22.3 Å². The Labute approximate surface area is 246 Å². The quantitative estimate of drug-likeness (QED) is 0.374. The Hall–Kier alpha value is -2.99. The molecule has 3 heterocycles. The zero-order valence-corrected chi connectivity index (χ0v) is 23.9. The summed E-state index contributed by atoms with van der Waals surface area (Å²) in [5.74, 6) is -0.846. The van der Waals surface area contributed by atoms with Crippen molar-refractivity contribution >= 4 is 64.1 Å². The number of hydrogen-bond donors (Lipinski definition) is 2. The minimum Gasteiger partial charge on any atom is -0.506 e. The predicted molar refractivity (Wildman–Crippen MR) is 149 cm³/mol. The van der Waals surface area contributed by atoms with Crippen LogP contribution in [0.1, 0.15) is 27.2 Å². The number of aromatic amines is 1. The lowest BCUT2D eigenvalue weighted by Crippen LogP contribution is -2.48. The Kier molecular flexibility index (Phi) is 7.68. The number of carbonyl (C=O) groups is 2. The van der Waals surface area contributed by atoms with Gasteiger partial charge in [-0.2, -0.15) is 8.78 Å². The van der Waals surface area contributed by atoms with E-state index in [1.807, 2.05) is 4.98 Å². The smallest absolute Gasteiger partial charge is 0.362 e. The van der Waals surface area contributed by atoms with Crippen molar-refractivity contribution in [1.82, 2.24) is 14.8 Å². The molecule has 0 aliphatic carbocycles. The SMILES string of the molecule is CN1CCN(c2cc3c(cc2O)CN(C(=O)c2c(Sc4c(Cl)cccc4Cl)cc(C(F)(F)Cl)[nH]c2=O)C3)CC1=O. The van der Waals surface area contributed by atoms with E-state index in [2.05, 4.69) is 0 Å². The maximum Gasteiger partial charge on any atom is 0.362 e. The molecular formula is C26H21Cl3F2N4O4S. The van der Waals surface area contributed by atoms with E-state index in [1.165, 1.54) is 23.1 Å². The fraction of sp³-hybridized carbons (Fsp3) is 0.269. The summed E-state index contributed by atoms with van der Waals surface area (Å²) in [7, 11) is 1.71. The molecule has 0 radical (unpaired) electrons. The number of phenolic OH excluding ortho intramolecular Hbond substituents is 1. The molecule has 1 saturated heterocycles. The van der Waals surface area contributed by atoms with Crippen LogP contribution in [-0.2, 0) is 23.3 Å². The Morgan fingerprint density at radius 2 is 1.70 bits per heavy atom. The summed E-state index contributed by atoms with van der Waals surface area (Å²) in [6, 6.07) is 8.86. The van der Waals surface area contributed by atoms with Crippen molar-refractivity contribution in [2.24, 2.45) is 0 Å². The van der Waals surface area contributed by atoms with Crippen LogP contribution in [0.4, 0.5) is 14.5 Å². The number of rotatable bonds is 5. The van der Waals surface area contributed by atoms with E-state index in [9.17, 15) is 28.3 Å². The summed E-state index contributed by atoms with van der Waals surface area (Å²) in [6.07, 6.45) is 0. The van der Waals surface area contributed by atoms with Gasteiger partial charge in [-0.1, -0.05) is 41.0 Å². The highest BCUT2D eigenvalue weighted by atomic mass is 35.5. The normalized spacial score (nSPS) is 15.6. The Balaban J connectivity index is 1.49. The van der Waals surface area contributed by atoms with Crippen LogP contribution >= 0.6 is 46.6 Å². The van der Waals surface area contributed by atoms with Gasteiger partial charge in [-0.15, -0.1) is 0 Å². The zero-order chi connectivity index (χ0) is 28.9. The third kappa shape index (κ3) is 5.47. The first-order valence-corrected chi connectivity index (χ1v) is 13.9. The van der Waals surface area contributed by atoms with Gasteiger partial charge in [0.2, 0.25) is 5.91 Å². The minimum atomic E-state index is -3.90. The van der Waals surface area contributed by atoms with E-state index in [1.54, 1.807) is 29.0 Å². The molecule has 5 rings (SSSR count). The molecular weight excluding hydrogens is 609 g/mol. The molecule has 14 heteroatoms. The lowest BCUT2D eigenvalue weighted by Gasteiger charge is -2.34. The molecule has 0 bridgehead atoms. The van der Waals surface area contributed by atoms with E-state index < -0.39 is 22.5 Å². The second-order valence-corrected chi connectivity index (χ2v) is 11.8. The largest absolute Gasteiger partial charge is 0.506 e. The van der Waals surface area contributed by atoms with Gasteiger partial charge < -0.3 is 24.8 Å². The summed E-state index contributed by atoms with van der Waals surface area (Å²) < 4.78 is 28.0. The number of likely N-dealkylation sites (N-methyl/N-ethyl adjacent to an activating group) is 1. The van der Waals surface area contributed by atoms with E-state index in [0.717, 1.165) is 23.4 Å². The van der Waals surface area contributed by atoms with Crippen LogP contribution < -0.4 is 10.5 Å². The van der Waals surface area contributed by atoms with Gasteiger partial charge in [0.25, 0.3) is 11.5 Å². The average molecular weight is 630 g/mol. The number of aromatic nitrogens is 1. The van der Waals surface area contributed by atoms with Crippen LogP contribution in [0.25, 0.3) is 0 Å². The van der Waals surface area contributed by atoms with Crippen LogP contribution in [0.3, 0.4) is 0 Å². The van der Waals surface area contributed by atoms with Crippen LogP contribution in [0.2, 0.25) is 10.0 Å². The number of carbonyl (C=O) groups excluding carboxylic acids is 2. The van der Waals surface area contributed by atoms with Gasteiger partial charge in [-0.25, -0.2) is 0 Å². The molecule has 3 aromatic rings. The first kappa shape index (κ1) is 28.5. The number of alkyl halides is 3. The highest BCUT2D eigenvalue weighted by Gasteiger charge is 2.35. The molecule has 40 heavy (non-hydrogen) atoms. The van der Waals surface area contributed by atoms with E-state index in [4.69, 9.17) is 34.8 Å². The van der Waals surface area contributed by atoms with Crippen molar-refractivity contribution in [3.8, 4) is 5.75 Å². The van der Waals surface area contributed by atoms with Crippen LogP contribution in [0.15, 0.2) is 51.0 Å². The average Bonchev–Trinajstić information content (AvgIpc) is 3.29. The molecule has 0 saturated carbocycles. The number of phenols is 1. The van der Waals surface area contributed by atoms with Crippen molar-refractivity contribution < 1.29 is 23.5 Å². The minimum absolute atomic E-state index is 0.0402. The first-order valence-electron chi connectivity index (χ1n) is 11.9. The van der Waals surface area contributed by atoms with Crippen molar-refractivity contribution in [3.63, 3.8) is 0 Å². The maximum atomic E-state index is 14.0. The molecule has 210 valence electrons. The fourth-order valence-electron chi connectivity index (χ4n) is 4.61. The van der Waals surface area contributed by atoms with Gasteiger partial charge >= 0.3 is 5.38 Å². The molecule has 0 atom stereocenters. The van der Waals surface area contributed by atoms with Crippen molar-refractivity contribution in [2.75, 3.05) is 31.6 Å². The van der Waals surface area contributed by atoms with Gasteiger partial charge in [-0.05, 0) is 53.1 Å². The third-order valence-corrected chi connectivity index (χ3v) is 9.00. The Morgan fingerprint density at radius 3 is 2.33 bits per heavy atom. The number of nitrogens with one attached hydrogen (secondary N) is 1. The molecule has 2 aliphatic heterocycles. The molecule has 0 spiro atoms. The molecule has 2 amide bonds. The van der Waals surface area contributed by atoms with Crippen LogP contribution in [0, 0.1) is 0 Å². The predicted octanol–water partition coefficient (Wildman–Crippen LogP) is 5.26. The number of nitrogens with zero attached hydrogens (tertiary/aromatic N) is 3. The zero-order valence-electron chi connectivity index (χ0n) is 20.8. The molecule has 2 aromatic carbocycles.